The van der Waals surface area contributed by atoms with E-state index in [1.165, 1.54) is 18.3 Å². The number of hydrogen-bond acceptors (Lipinski definition) is 3. The van der Waals surface area contributed by atoms with Crippen molar-refractivity contribution in [2.75, 3.05) is 5.32 Å². The van der Waals surface area contributed by atoms with Gasteiger partial charge in [-0.15, -0.1) is 0 Å². The van der Waals surface area contributed by atoms with Crippen LogP contribution in [0.3, 0.4) is 0 Å². The molecule has 0 bridgehead atoms. The van der Waals surface area contributed by atoms with Crippen LogP contribution in [0.5, 0.6) is 0 Å². The molecule has 0 saturated carbocycles. The number of carbonyl (C=O) groups excluding carboxylic acids is 1. The summed E-state index contributed by atoms with van der Waals surface area (Å²) in [5, 5.41) is 2.70. The molecule has 0 aliphatic carbocycles. The van der Waals surface area contributed by atoms with Crippen LogP contribution in [0, 0.1) is 5.82 Å². The van der Waals surface area contributed by atoms with Gasteiger partial charge in [-0.05, 0) is 30.3 Å². The molecule has 6 heteroatoms. The fourth-order valence-electron chi connectivity index (χ4n) is 1.84. The van der Waals surface area contributed by atoms with Crippen LogP contribution in [0.1, 0.15) is 10.5 Å². The lowest BCUT2D eigenvalue weighted by molar-refractivity contribution is 0.102. The molecule has 4 nitrogen and oxygen atoms in total. The molecule has 104 valence electrons. The quantitative estimate of drug-likeness (QED) is 0.785. The largest absolute Gasteiger partial charge is 0.319 e. The first-order chi connectivity index (χ1) is 10.1. The number of aromatic nitrogens is 2. The first-order valence-electron chi connectivity index (χ1n) is 6.12. The van der Waals surface area contributed by atoms with E-state index >= 15 is 0 Å². The molecular formula is C15H9ClFN3O. The van der Waals surface area contributed by atoms with Gasteiger partial charge in [0.15, 0.2) is 0 Å². The molecule has 0 aliphatic heterocycles. The lowest BCUT2D eigenvalue weighted by Gasteiger charge is -2.07. The van der Waals surface area contributed by atoms with E-state index in [9.17, 15) is 9.18 Å². The minimum Gasteiger partial charge on any atom is -0.319 e. The number of hydrogen-bond donors (Lipinski definition) is 1. The van der Waals surface area contributed by atoms with Crippen molar-refractivity contribution in [3.8, 4) is 0 Å². The van der Waals surface area contributed by atoms with E-state index in [0.717, 1.165) is 6.07 Å². The van der Waals surface area contributed by atoms with Crippen molar-refractivity contribution in [3.63, 3.8) is 0 Å². The Morgan fingerprint density at radius 2 is 1.90 bits per heavy atom. The molecule has 0 saturated heterocycles. The summed E-state index contributed by atoms with van der Waals surface area (Å²) < 4.78 is 13.0. The Kier molecular flexibility index (Phi) is 3.50. The van der Waals surface area contributed by atoms with E-state index in [1.54, 1.807) is 12.1 Å². The number of benzene rings is 2. The number of fused-ring (bicyclic) bond motifs is 1. The van der Waals surface area contributed by atoms with Gasteiger partial charge in [-0.3, -0.25) is 9.78 Å². The van der Waals surface area contributed by atoms with Crippen LogP contribution in [-0.4, -0.2) is 15.9 Å². The molecule has 21 heavy (non-hydrogen) atoms. The summed E-state index contributed by atoms with van der Waals surface area (Å²) in [5.41, 5.74) is 1.80. The van der Waals surface area contributed by atoms with Gasteiger partial charge in [-0.2, -0.15) is 0 Å². The summed E-state index contributed by atoms with van der Waals surface area (Å²) in [5.74, 6) is -0.926. The second kappa shape index (κ2) is 5.46. The zero-order valence-corrected chi connectivity index (χ0v) is 11.4. The highest BCUT2D eigenvalue weighted by Crippen LogP contribution is 2.23. The SMILES string of the molecule is O=C(Nc1ccc(F)cc1Cl)c1cnc2ccccc2n1. The lowest BCUT2D eigenvalue weighted by atomic mass is 10.2. The maximum absolute atomic E-state index is 13.0. The number of nitrogens with zero attached hydrogens (tertiary/aromatic N) is 2. The summed E-state index contributed by atoms with van der Waals surface area (Å²) in [7, 11) is 0. The third kappa shape index (κ3) is 2.83. The predicted octanol–water partition coefficient (Wildman–Crippen LogP) is 3.67. The molecule has 0 aliphatic rings. The smallest absolute Gasteiger partial charge is 0.275 e. The summed E-state index contributed by atoms with van der Waals surface area (Å²) >= 11 is 5.87. The van der Waals surface area contributed by atoms with E-state index in [2.05, 4.69) is 15.3 Å². The van der Waals surface area contributed by atoms with Crippen molar-refractivity contribution in [2.45, 2.75) is 0 Å². The Morgan fingerprint density at radius 3 is 2.67 bits per heavy atom. The highest BCUT2D eigenvalue weighted by atomic mass is 35.5. The Morgan fingerprint density at radius 1 is 1.14 bits per heavy atom. The molecular weight excluding hydrogens is 293 g/mol. The molecule has 1 aromatic heterocycles. The Bertz CT molecular complexity index is 838. The minimum absolute atomic E-state index is 0.122. The minimum atomic E-state index is -0.469. The Labute approximate surface area is 124 Å². The highest BCUT2D eigenvalue weighted by Gasteiger charge is 2.11. The van der Waals surface area contributed by atoms with Crippen molar-refractivity contribution >= 4 is 34.2 Å². The number of anilines is 1. The standard InChI is InChI=1S/C15H9ClFN3O/c16-10-7-9(17)5-6-11(10)20-15(21)14-8-18-12-3-1-2-4-13(12)19-14/h1-8H,(H,20,21). The number of rotatable bonds is 2. The van der Waals surface area contributed by atoms with Crippen LogP contribution < -0.4 is 5.32 Å². The van der Waals surface area contributed by atoms with Gasteiger partial charge in [0.2, 0.25) is 0 Å². The zero-order valence-electron chi connectivity index (χ0n) is 10.7. The monoisotopic (exact) mass is 301 g/mol. The second-order valence-electron chi connectivity index (χ2n) is 4.32. The fourth-order valence-corrected chi connectivity index (χ4v) is 2.06. The van der Waals surface area contributed by atoms with Gasteiger partial charge >= 0.3 is 0 Å². The first-order valence-corrected chi connectivity index (χ1v) is 6.49. The van der Waals surface area contributed by atoms with Crippen LogP contribution in [-0.2, 0) is 0 Å². The zero-order chi connectivity index (χ0) is 14.8. The topological polar surface area (TPSA) is 54.9 Å². The van der Waals surface area contributed by atoms with Crippen LogP contribution >= 0.6 is 11.6 Å². The van der Waals surface area contributed by atoms with Gasteiger partial charge < -0.3 is 5.32 Å². The molecule has 1 heterocycles. The highest BCUT2D eigenvalue weighted by molar-refractivity contribution is 6.33. The molecule has 3 rings (SSSR count). The lowest BCUT2D eigenvalue weighted by Crippen LogP contribution is -2.14. The van der Waals surface area contributed by atoms with Crippen LogP contribution in [0.25, 0.3) is 11.0 Å². The number of nitrogens with one attached hydrogen (secondary N) is 1. The van der Waals surface area contributed by atoms with Gasteiger partial charge in [0.05, 0.1) is 27.9 Å². The van der Waals surface area contributed by atoms with E-state index in [1.807, 2.05) is 12.1 Å². The number of amides is 1. The van der Waals surface area contributed by atoms with Gasteiger partial charge in [-0.25, -0.2) is 9.37 Å². The average Bonchev–Trinajstić information content (AvgIpc) is 2.49. The molecule has 0 radical (unpaired) electrons. The third-order valence-corrected chi connectivity index (χ3v) is 3.17. The normalized spacial score (nSPS) is 10.6. The van der Waals surface area contributed by atoms with Gasteiger partial charge in [0.25, 0.3) is 5.91 Å². The average molecular weight is 302 g/mol. The van der Waals surface area contributed by atoms with Gasteiger partial charge in [0, 0.05) is 0 Å². The molecule has 0 atom stereocenters. The van der Waals surface area contributed by atoms with Crippen molar-refractivity contribution in [1.82, 2.24) is 9.97 Å². The van der Waals surface area contributed by atoms with Crippen molar-refractivity contribution in [3.05, 3.63) is 65.2 Å². The molecule has 1 N–H and O–H groups in total. The maximum atomic E-state index is 13.0. The van der Waals surface area contributed by atoms with E-state index in [0.29, 0.717) is 16.7 Å². The second-order valence-corrected chi connectivity index (χ2v) is 4.73. The molecule has 0 spiro atoms. The summed E-state index contributed by atoms with van der Waals surface area (Å²) in [6.45, 7) is 0. The summed E-state index contributed by atoms with van der Waals surface area (Å²) in [6.07, 6.45) is 1.38. The van der Waals surface area contributed by atoms with Crippen LogP contribution in [0.4, 0.5) is 10.1 Å². The third-order valence-electron chi connectivity index (χ3n) is 2.86. The van der Waals surface area contributed by atoms with Crippen molar-refractivity contribution in [2.24, 2.45) is 0 Å². The summed E-state index contributed by atoms with van der Waals surface area (Å²) in [6, 6.07) is 11.0. The van der Waals surface area contributed by atoms with Crippen molar-refractivity contribution < 1.29 is 9.18 Å². The molecule has 0 unspecified atom stereocenters. The molecule has 1 amide bonds. The van der Waals surface area contributed by atoms with Crippen LogP contribution in [0.2, 0.25) is 5.02 Å². The molecule has 0 fully saturated rings. The molecule has 3 aromatic rings. The number of carbonyl (C=O) groups is 1. The molecule has 2 aromatic carbocycles. The Hall–Kier alpha value is -2.53. The fraction of sp³-hybridized carbons (Fsp3) is 0. The Balaban J connectivity index is 1.89. The maximum Gasteiger partial charge on any atom is 0.275 e. The van der Waals surface area contributed by atoms with E-state index in [-0.39, 0.29) is 10.7 Å². The first kappa shape index (κ1) is 13.5. The number of para-hydroxylation sites is 2. The summed E-state index contributed by atoms with van der Waals surface area (Å²) in [4.78, 5) is 20.5. The van der Waals surface area contributed by atoms with Crippen molar-refractivity contribution in [1.29, 1.82) is 0 Å². The van der Waals surface area contributed by atoms with Gasteiger partial charge in [-0.1, -0.05) is 23.7 Å². The van der Waals surface area contributed by atoms with Crippen LogP contribution in [0.15, 0.2) is 48.7 Å². The van der Waals surface area contributed by atoms with E-state index in [4.69, 9.17) is 11.6 Å². The van der Waals surface area contributed by atoms with Gasteiger partial charge in [0.1, 0.15) is 11.5 Å². The van der Waals surface area contributed by atoms with E-state index < -0.39 is 11.7 Å². The predicted molar refractivity (Wildman–Crippen MR) is 78.9 cm³/mol. The number of halogens is 2.